The summed E-state index contributed by atoms with van der Waals surface area (Å²) in [5.74, 6) is 5.42. The SMILES string of the molecule is CC[C@H]1CN2CC[C@@H]1CC2[C@@H](Oc1ccc(O[C@@H](c2ccnc3ccc(OC)cc23)C2C[C@@H]3CCN2C[C@@H]3CC)nn1)c1ccnc2ccc(OC)cc12. The lowest BCUT2D eigenvalue weighted by atomic mass is 9.72. The van der Waals surface area contributed by atoms with Gasteiger partial charge < -0.3 is 18.9 Å². The Hall–Kier alpha value is -4.54. The van der Waals surface area contributed by atoms with Crippen LogP contribution in [0.5, 0.6) is 23.3 Å². The molecule has 4 bridgehead atoms. The molecule has 10 heteroatoms. The Morgan fingerprint density at radius 3 is 1.46 bits per heavy atom. The number of pyridine rings is 2. The Bertz CT molecular complexity index is 1950. The minimum absolute atomic E-state index is 0.213. The molecular weight excluding hydrogens is 677 g/mol. The van der Waals surface area contributed by atoms with Gasteiger partial charge in [0, 0.05) is 59.5 Å². The maximum Gasteiger partial charge on any atom is 0.234 e. The zero-order chi connectivity index (χ0) is 36.8. The van der Waals surface area contributed by atoms with Crippen LogP contribution in [0.1, 0.15) is 75.7 Å². The molecule has 0 aliphatic carbocycles. The van der Waals surface area contributed by atoms with Crippen LogP contribution in [-0.2, 0) is 0 Å². The first-order chi connectivity index (χ1) is 26.5. The molecule has 6 fully saturated rings. The predicted molar refractivity (Wildman–Crippen MR) is 209 cm³/mol. The van der Waals surface area contributed by atoms with Gasteiger partial charge in [0.1, 0.15) is 23.7 Å². The Morgan fingerprint density at radius 1 is 0.630 bits per heavy atom. The lowest BCUT2D eigenvalue weighted by molar-refractivity contribution is -0.0511. The van der Waals surface area contributed by atoms with Gasteiger partial charge in [-0.05, 0) is 111 Å². The predicted octanol–water partition coefficient (Wildman–Crippen LogP) is 8.07. The van der Waals surface area contributed by atoms with E-state index < -0.39 is 0 Å². The van der Waals surface area contributed by atoms with Crippen LogP contribution in [0.2, 0.25) is 0 Å². The number of rotatable bonds is 12. The summed E-state index contributed by atoms with van der Waals surface area (Å²) >= 11 is 0. The fourth-order valence-electron chi connectivity index (χ4n) is 10.4. The van der Waals surface area contributed by atoms with Crippen LogP contribution < -0.4 is 18.9 Å². The van der Waals surface area contributed by atoms with Crippen molar-refractivity contribution in [3.8, 4) is 23.3 Å². The minimum Gasteiger partial charge on any atom is -0.497 e. The summed E-state index contributed by atoms with van der Waals surface area (Å²) in [5, 5.41) is 11.5. The zero-order valence-corrected chi connectivity index (χ0v) is 31.9. The molecule has 9 heterocycles. The molecule has 0 amide bonds. The van der Waals surface area contributed by atoms with Gasteiger partial charge in [0.25, 0.3) is 0 Å². The summed E-state index contributed by atoms with van der Waals surface area (Å²) in [5.41, 5.74) is 4.03. The summed E-state index contributed by atoms with van der Waals surface area (Å²) in [6.45, 7) is 9.04. The average Bonchev–Trinajstić information content (AvgIpc) is 3.24. The topological polar surface area (TPSA) is 95.0 Å². The molecule has 10 atom stereocenters. The molecule has 54 heavy (non-hydrogen) atoms. The van der Waals surface area contributed by atoms with Gasteiger partial charge in [-0.25, -0.2) is 0 Å². The van der Waals surface area contributed by atoms with E-state index in [0.717, 1.165) is 95.3 Å². The van der Waals surface area contributed by atoms with Crippen molar-refractivity contribution in [2.75, 3.05) is 40.4 Å². The lowest BCUT2D eigenvalue weighted by Crippen LogP contribution is -2.56. The number of piperidine rings is 6. The van der Waals surface area contributed by atoms with Crippen LogP contribution in [0.15, 0.2) is 73.1 Å². The third kappa shape index (κ3) is 6.51. The van der Waals surface area contributed by atoms with E-state index in [4.69, 9.17) is 39.1 Å². The van der Waals surface area contributed by atoms with Crippen LogP contribution in [-0.4, -0.2) is 82.4 Å². The van der Waals surface area contributed by atoms with Crippen molar-refractivity contribution in [3.05, 3.63) is 84.2 Å². The van der Waals surface area contributed by atoms with Crippen LogP contribution >= 0.6 is 0 Å². The van der Waals surface area contributed by atoms with Crippen molar-refractivity contribution >= 4 is 21.8 Å². The van der Waals surface area contributed by atoms with E-state index in [2.05, 4.69) is 47.9 Å². The van der Waals surface area contributed by atoms with Crippen LogP contribution in [0.4, 0.5) is 0 Å². The van der Waals surface area contributed by atoms with Gasteiger partial charge in [-0.15, -0.1) is 10.2 Å². The Kier molecular flexibility index (Phi) is 9.74. The summed E-state index contributed by atoms with van der Waals surface area (Å²) in [4.78, 5) is 14.7. The van der Waals surface area contributed by atoms with Crippen molar-refractivity contribution in [1.82, 2.24) is 30.0 Å². The second-order valence-electron chi connectivity index (χ2n) is 15.9. The molecular formula is C44H52N6O4. The van der Waals surface area contributed by atoms with Gasteiger partial charge in [0.05, 0.1) is 37.3 Å². The molecule has 4 unspecified atom stereocenters. The minimum atomic E-state index is -0.257. The maximum atomic E-state index is 6.98. The summed E-state index contributed by atoms with van der Waals surface area (Å²) in [6, 6.07) is 20.6. The monoisotopic (exact) mass is 728 g/mol. The van der Waals surface area contributed by atoms with E-state index in [-0.39, 0.29) is 24.3 Å². The number of hydrogen-bond acceptors (Lipinski definition) is 10. The molecule has 0 N–H and O–H groups in total. The molecule has 6 aliphatic heterocycles. The highest BCUT2D eigenvalue weighted by Crippen LogP contribution is 2.46. The molecule has 0 spiro atoms. The Morgan fingerprint density at radius 2 is 1.09 bits per heavy atom. The maximum absolute atomic E-state index is 6.98. The highest BCUT2D eigenvalue weighted by molar-refractivity contribution is 5.85. The van der Waals surface area contributed by atoms with E-state index in [1.807, 2.05) is 48.8 Å². The number of methoxy groups -OCH3 is 2. The highest BCUT2D eigenvalue weighted by atomic mass is 16.5. The first-order valence-electron chi connectivity index (χ1n) is 20.0. The van der Waals surface area contributed by atoms with Crippen molar-refractivity contribution in [1.29, 1.82) is 0 Å². The number of fused-ring (bicyclic) bond motifs is 8. The normalized spacial score (nSPS) is 28.5. The molecule has 0 saturated carbocycles. The van der Waals surface area contributed by atoms with Crippen molar-refractivity contribution < 1.29 is 18.9 Å². The zero-order valence-electron chi connectivity index (χ0n) is 31.9. The fraction of sp³-hybridized carbons (Fsp3) is 0.500. The number of hydrogen-bond donors (Lipinski definition) is 0. The quantitative estimate of drug-likeness (QED) is 0.126. The molecule has 6 aliphatic rings. The first kappa shape index (κ1) is 35.2. The van der Waals surface area contributed by atoms with Gasteiger partial charge >= 0.3 is 0 Å². The molecule has 11 rings (SSSR count). The van der Waals surface area contributed by atoms with E-state index >= 15 is 0 Å². The van der Waals surface area contributed by atoms with E-state index in [1.165, 1.54) is 25.7 Å². The lowest BCUT2D eigenvalue weighted by Gasteiger charge is -2.52. The van der Waals surface area contributed by atoms with Crippen molar-refractivity contribution in [2.45, 2.75) is 76.7 Å². The number of aromatic nitrogens is 4. The Balaban J connectivity index is 1.04. The fourth-order valence-corrected chi connectivity index (χ4v) is 10.4. The van der Waals surface area contributed by atoms with Gasteiger partial charge in [0.2, 0.25) is 11.8 Å². The molecule has 282 valence electrons. The average molecular weight is 729 g/mol. The van der Waals surface area contributed by atoms with Crippen LogP contribution in [0, 0.1) is 23.7 Å². The van der Waals surface area contributed by atoms with Gasteiger partial charge in [-0.3, -0.25) is 19.8 Å². The molecule has 10 nitrogen and oxygen atoms in total. The van der Waals surface area contributed by atoms with Crippen LogP contribution in [0.3, 0.4) is 0 Å². The molecule has 0 radical (unpaired) electrons. The number of ether oxygens (including phenoxy) is 4. The summed E-state index contributed by atoms with van der Waals surface area (Å²) < 4.78 is 25.3. The van der Waals surface area contributed by atoms with Gasteiger partial charge in [0.15, 0.2) is 0 Å². The van der Waals surface area contributed by atoms with Gasteiger partial charge in [-0.2, -0.15) is 0 Å². The largest absolute Gasteiger partial charge is 0.497 e. The molecule has 3 aromatic heterocycles. The second-order valence-corrected chi connectivity index (χ2v) is 15.9. The standard InChI is InChI=1S/C44H52N6O4/c1-5-27-25-49-19-15-29(27)21-39(49)43(33-13-17-45-37-9-7-31(51-3)23-35(33)37)53-41-11-12-42(48-47-41)54-44(40-22-30-16-20-50(40)26-28(30)6-2)34-14-18-46-38-10-8-32(52-4)24-36(34)38/h7-14,17-18,23-24,27-30,39-40,43-44H,5-6,15-16,19-22,25-26H2,1-4H3/t27-,28-,29-,30+,39?,40?,43-,44-/m0/s1. The van der Waals surface area contributed by atoms with Gasteiger partial charge in [-0.1, -0.05) is 26.7 Å². The summed E-state index contributed by atoms with van der Waals surface area (Å²) in [6.07, 6.45) is 10.4. The molecule has 2 aromatic carbocycles. The third-order valence-electron chi connectivity index (χ3n) is 13.3. The molecule has 5 aromatic rings. The highest BCUT2D eigenvalue weighted by Gasteiger charge is 2.46. The first-order valence-corrected chi connectivity index (χ1v) is 20.0. The van der Waals surface area contributed by atoms with Crippen LogP contribution in [0.25, 0.3) is 21.8 Å². The van der Waals surface area contributed by atoms with Crippen molar-refractivity contribution in [2.24, 2.45) is 23.7 Å². The smallest absolute Gasteiger partial charge is 0.234 e. The summed E-state index contributed by atoms with van der Waals surface area (Å²) in [7, 11) is 3.41. The molecule has 6 saturated heterocycles. The van der Waals surface area contributed by atoms with E-state index in [0.29, 0.717) is 23.6 Å². The number of benzene rings is 2. The number of nitrogens with zero attached hydrogens (tertiary/aromatic N) is 6. The van der Waals surface area contributed by atoms with Crippen molar-refractivity contribution in [3.63, 3.8) is 0 Å². The Labute approximate surface area is 318 Å². The van der Waals surface area contributed by atoms with E-state index in [9.17, 15) is 0 Å². The van der Waals surface area contributed by atoms with E-state index in [1.54, 1.807) is 14.2 Å². The third-order valence-corrected chi connectivity index (χ3v) is 13.3. The second kappa shape index (κ2) is 14.9.